The van der Waals surface area contributed by atoms with Gasteiger partial charge < -0.3 is 48.8 Å². The molecule has 320 valence electrons. The van der Waals surface area contributed by atoms with Crippen LogP contribution in [0.1, 0.15) is 84.5 Å². The van der Waals surface area contributed by atoms with Gasteiger partial charge in [-0.05, 0) is 51.4 Å². The Labute approximate surface area is 334 Å². The van der Waals surface area contributed by atoms with Crippen molar-refractivity contribution >= 4 is 28.5 Å². The lowest BCUT2D eigenvalue weighted by atomic mass is 9.87. The fraction of sp³-hybridized carbons (Fsp3) is 0.850. The molecule has 6 fully saturated rings. The Balaban J connectivity index is 0.000000270. The molecule has 1 aliphatic carbocycles. The van der Waals surface area contributed by atoms with Crippen molar-refractivity contribution in [3.05, 3.63) is 23.6 Å². The van der Waals surface area contributed by atoms with Gasteiger partial charge in [0.05, 0.1) is 40.6 Å². The molecule has 2 unspecified atom stereocenters. The van der Waals surface area contributed by atoms with E-state index in [-0.39, 0.29) is 61.1 Å². The van der Waals surface area contributed by atoms with Crippen molar-refractivity contribution in [3.63, 3.8) is 0 Å². The summed E-state index contributed by atoms with van der Waals surface area (Å²) in [4.78, 5) is 32.5. The zero-order valence-electron chi connectivity index (χ0n) is 34.5. The van der Waals surface area contributed by atoms with Crippen LogP contribution in [0, 0.1) is 0 Å². The maximum absolute atomic E-state index is 11.0. The molecule has 0 aromatic rings. The molecule has 5 heterocycles. The van der Waals surface area contributed by atoms with Crippen molar-refractivity contribution in [1.29, 1.82) is 0 Å². The summed E-state index contributed by atoms with van der Waals surface area (Å²) in [7, 11) is -2.83. The quantitative estimate of drug-likeness (QED) is 0.256. The van der Waals surface area contributed by atoms with Crippen LogP contribution in [0.3, 0.4) is 0 Å². The highest BCUT2D eigenvalue weighted by Crippen LogP contribution is 2.48. The number of fused-ring (bicyclic) bond motifs is 4. The molecule has 14 atom stereocenters. The molecule has 0 bridgehead atoms. The standard InChI is InChI=1S/C22H38O5Si.C16H30O5Si.2CO2/c1-5-15-9-10-17-19(24-15)21-20(26-22(27-21)12-7-6-8-13-22)18(25-17)16(23)11-14-28(2,3)4;1-5-10-6-7-12-16(20-10)14(19)13(18)15(21-12)11(17)8-9-22(2,3)4;2*2-1-3/h11,14-21,23H,5-10,12-13H2,1-4H3;8-19H,5-7H2,1-4H3;;/b14-11+;9-8+;;/t15-,16?,17-,18-,19-,20?,21-;10-,11-,12-,13-,14+,15-,16-;;/m00../s1. The highest BCUT2D eigenvalue weighted by molar-refractivity contribution is 6.81. The lowest BCUT2D eigenvalue weighted by molar-refractivity contribution is -0.274. The van der Waals surface area contributed by atoms with Gasteiger partial charge in [-0.25, -0.2) is 0 Å². The highest BCUT2D eigenvalue weighted by Gasteiger charge is 2.60. The summed E-state index contributed by atoms with van der Waals surface area (Å²) in [6.45, 7) is 17.5. The summed E-state index contributed by atoms with van der Waals surface area (Å²) >= 11 is 0. The Hall–Kier alpha value is -1.73. The van der Waals surface area contributed by atoms with Crippen LogP contribution in [-0.4, -0.2) is 140 Å². The SMILES string of the molecule is CC[C@H]1CC[C@@H]2O[C@@H](C(O)/C=C/[Si](C)(C)C)C3OC4(CCCCC4)O[C@H]3[C@H]2O1.CC[C@H]1CC[C@@H]2O[C@@H]([C@@H](O)/C=C/[Si](C)(C)C)[C@@H](O)[C@@H](O)[C@H]2O1.O=C=O.O=C=O. The number of ether oxygens (including phenoxy) is 6. The zero-order chi connectivity index (χ0) is 41.8. The lowest BCUT2D eigenvalue weighted by Crippen LogP contribution is -2.63. The second-order valence-corrected chi connectivity index (χ2v) is 28.0. The molecule has 0 amide bonds. The van der Waals surface area contributed by atoms with Crippen LogP contribution in [-0.2, 0) is 47.6 Å². The predicted molar refractivity (Wildman–Crippen MR) is 208 cm³/mol. The molecule has 5 saturated heterocycles. The molecule has 6 aliphatic rings. The van der Waals surface area contributed by atoms with Gasteiger partial charge >= 0.3 is 12.3 Å². The van der Waals surface area contributed by atoms with Crippen molar-refractivity contribution in [2.45, 2.75) is 215 Å². The average molecular weight is 829 g/mol. The van der Waals surface area contributed by atoms with E-state index < -0.39 is 58.6 Å². The number of rotatable bonds is 8. The molecule has 16 heteroatoms. The largest absolute Gasteiger partial charge is 0.387 e. The van der Waals surface area contributed by atoms with E-state index >= 15 is 0 Å². The van der Waals surface area contributed by atoms with E-state index in [2.05, 4.69) is 51.9 Å². The summed E-state index contributed by atoms with van der Waals surface area (Å²) in [5, 5.41) is 42.0. The summed E-state index contributed by atoms with van der Waals surface area (Å²) in [6, 6.07) is 0. The topological polar surface area (TPSA) is 205 Å². The molecule has 0 aromatic carbocycles. The molecule has 1 saturated carbocycles. The van der Waals surface area contributed by atoms with Crippen LogP contribution in [0.15, 0.2) is 23.6 Å². The Morgan fingerprint density at radius 1 is 0.607 bits per heavy atom. The Kier molecular flexibility index (Phi) is 19.1. The van der Waals surface area contributed by atoms with Crippen molar-refractivity contribution < 1.29 is 68.0 Å². The van der Waals surface area contributed by atoms with Crippen LogP contribution in [0.5, 0.6) is 0 Å². The third-order valence-corrected chi connectivity index (χ3v) is 13.5. The second kappa shape index (κ2) is 22.0. The van der Waals surface area contributed by atoms with Gasteiger partial charge in [0.2, 0.25) is 0 Å². The van der Waals surface area contributed by atoms with Crippen molar-refractivity contribution in [3.8, 4) is 0 Å². The average Bonchev–Trinajstić information content (AvgIpc) is 3.52. The van der Waals surface area contributed by atoms with Gasteiger partial charge in [0.1, 0.15) is 61.0 Å². The van der Waals surface area contributed by atoms with Gasteiger partial charge in [-0.1, -0.05) is 83.1 Å². The van der Waals surface area contributed by atoms with Crippen LogP contribution in [0.25, 0.3) is 0 Å². The van der Waals surface area contributed by atoms with Crippen molar-refractivity contribution in [1.82, 2.24) is 0 Å². The van der Waals surface area contributed by atoms with E-state index in [9.17, 15) is 20.4 Å². The minimum Gasteiger partial charge on any atom is -0.387 e. The lowest BCUT2D eigenvalue weighted by Gasteiger charge is -2.47. The molecule has 4 N–H and O–H groups in total. The van der Waals surface area contributed by atoms with E-state index in [0.717, 1.165) is 64.2 Å². The normalized spacial score (nSPS) is 37.4. The number of aliphatic hydroxyl groups is 4. The molecule has 0 radical (unpaired) electrons. The van der Waals surface area contributed by atoms with Crippen LogP contribution in [0.4, 0.5) is 0 Å². The fourth-order valence-corrected chi connectivity index (χ4v) is 9.81. The summed E-state index contributed by atoms with van der Waals surface area (Å²) < 4.78 is 37.8. The van der Waals surface area contributed by atoms with Crippen LogP contribution >= 0.6 is 0 Å². The maximum Gasteiger partial charge on any atom is 0.373 e. The van der Waals surface area contributed by atoms with Gasteiger partial charge in [-0.3, -0.25) is 0 Å². The first-order chi connectivity index (χ1) is 26.4. The molecule has 5 aliphatic heterocycles. The minimum absolute atomic E-state index is 0.0219. The Bertz CT molecular complexity index is 1300. The smallest absolute Gasteiger partial charge is 0.373 e. The Morgan fingerprint density at radius 3 is 1.52 bits per heavy atom. The Morgan fingerprint density at radius 2 is 1.04 bits per heavy atom. The monoisotopic (exact) mass is 828 g/mol. The van der Waals surface area contributed by atoms with Crippen molar-refractivity contribution in [2.75, 3.05) is 0 Å². The van der Waals surface area contributed by atoms with E-state index in [4.69, 9.17) is 47.6 Å². The molecular formula is C40H68O14Si2. The number of hydrogen-bond donors (Lipinski definition) is 4. The minimum atomic E-state index is -1.44. The van der Waals surface area contributed by atoms with Crippen LogP contribution < -0.4 is 0 Å². The van der Waals surface area contributed by atoms with Gasteiger partial charge in [-0.15, -0.1) is 0 Å². The third kappa shape index (κ3) is 13.7. The van der Waals surface area contributed by atoms with Crippen molar-refractivity contribution in [2.24, 2.45) is 0 Å². The van der Waals surface area contributed by atoms with Gasteiger partial charge in [0.25, 0.3) is 0 Å². The molecular weight excluding hydrogens is 761 g/mol. The third-order valence-electron chi connectivity index (χ3n) is 11.1. The molecule has 6 rings (SSSR count). The van der Waals surface area contributed by atoms with Gasteiger partial charge in [-0.2, -0.15) is 19.2 Å². The highest BCUT2D eigenvalue weighted by atomic mass is 28.3. The predicted octanol–water partition coefficient (Wildman–Crippen LogP) is 4.01. The van der Waals surface area contributed by atoms with E-state index in [1.807, 2.05) is 18.7 Å². The molecule has 1 spiro atoms. The van der Waals surface area contributed by atoms with E-state index in [1.54, 1.807) is 6.08 Å². The van der Waals surface area contributed by atoms with Gasteiger partial charge in [0, 0.05) is 12.8 Å². The van der Waals surface area contributed by atoms with E-state index in [1.165, 1.54) is 6.42 Å². The number of aliphatic hydroxyl groups excluding tert-OH is 4. The van der Waals surface area contributed by atoms with E-state index in [0.29, 0.717) is 0 Å². The first-order valence-corrected chi connectivity index (χ1v) is 27.6. The van der Waals surface area contributed by atoms with Gasteiger partial charge in [0.15, 0.2) is 5.79 Å². The fourth-order valence-electron chi connectivity index (χ4n) is 8.26. The number of carbonyl (C=O) groups excluding carboxylic acids is 4. The number of hydrogen-bond acceptors (Lipinski definition) is 14. The summed E-state index contributed by atoms with van der Waals surface area (Å²) in [5.41, 5.74) is 4.22. The first kappa shape index (κ1) is 48.6. The summed E-state index contributed by atoms with van der Waals surface area (Å²) in [5.74, 6) is -0.505. The zero-order valence-corrected chi connectivity index (χ0v) is 36.5. The molecule has 0 aromatic heterocycles. The first-order valence-electron chi connectivity index (χ1n) is 20.4. The maximum atomic E-state index is 11.0. The summed E-state index contributed by atoms with van der Waals surface area (Å²) in [6.07, 6.45) is 9.20. The molecule has 14 nitrogen and oxygen atoms in total. The molecule has 56 heavy (non-hydrogen) atoms. The van der Waals surface area contributed by atoms with Crippen LogP contribution in [0.2, 0.25) is 39.3 Å². The second-order valence-electron chi connectivity index (χ2n) is 17.9.